The standard InChI is InChI=1S/C31H26ClNO4/c1-18(2)25-17-20(11-16-26(25)37-3)29(34)27-28(24-10-6-8-19-7-4-5-9-23(19)24)33(31(36)30(27)35)22-14-12-21(32)13-15-22/h4-18,28,34H,1-3H3/b29-27+. The quantitative estimate of drug-likeness (QED) is 0.174. The van der Waals surface area contributed by atoms with Gasteiger partial charge in [0, 0.05) is 16.3 Å². The van der Waals surface area contributed by atoms with Crippen molar-refractivity contribution in [1.29, 1.82) is 0 Å². The molecule has 6 heteroatoms. The molecule has 4 aromatic carbocycles. The van der Waals surface area contributed by atoms with E-state index in [1.807, 2.05) is 62.4 Å². The molecule has 1 N–H and O–H groups in total. The molecule has 1 heterocycles. The van der Waals surface area contributed by atoms with Crippen LogP contribution in [0.4, 0.5) is 5.69 Å². The van der Waals surface area contributed by atoms with Crippen LogP contribution in [0.2, 0.25) is 5.02 Å². The summed E-state index contributed by atoms with van der Waals surface area (Å²) in [4.78, 5) is 28.5. The zero-order valence-electron chi connectivity index (χ0n) is 20.7. The molecule has 0 aromatic heterocycles. The zero-order chi connectivity index (χ0) is 26.3. The minimum Gasteiger partial charge on any atom is -0.507 e. The molecule has 186 valence electrons. The van der Waals surface area contributed by atoms with Crippen LogP contribution < -0.4 is 9.64 Å². The highest BCUT2D eigenvalue weighted by molar-refractivity contribution is 6.52. The van der Waals surface area contributed by atoms with Crippen LogP contribution in [0, 0.1) is 0 Å². The molecule has 1 unspecified atom stereocenters. The lowest BCUT2D eigenvalue weighted by atomic mass is 9.90. The van der Waals surface area contributed by atoms with Gasteiger partial charge >= 0.3 is 0 Å². The van der Waals surface area contributed by atoms with Gasteiger partial charge in [0.1, 0.15) is 11.5 Å². The molecule has 4 aromatic rings. The normalized spacial score (nSPS) is 17.1. The third-order valence-corrected chi connectivity index (χ3v) is 7.04. The molecular formula is C31H26ClNO4. The van der Waals surface area contributed by atoms with Gasteiger partial charge in [0.25, 0.3) is 11.7 Å². The number of nitrogens with zero attached hydrogens (tertiary/aromatic N) is 1. The largest absolute Gasteiger partial charge is 0.507 e. The van der Waals surface area contributed by atoms with Gasteiger partial charge in [0.2, 0.25) is 0 Å². The van der Waals surface area contributed by atoms with Crippen LogP contribution >= 0.6 is 11.6 Å². The number of carbonyl (C=O) groups is 2. The molecule has 0 saturated carbocycles. The van der Waals surface area contributed by atoms with Gasteiger partial charge in [-0.05, 0) is 70.3 Å². The van der Waals surface area contributed by atoms with E-state index in [2.05, 4.69) is 0 Å². The first-order chi connectivity index (χ1) is 17.8. The molecule has 0 aliphatic carbocycles. The maximum atomic E-state index is 13.6. The summed E-state index contributed by atoms with van der Waals surface area (Å²) < 4.78 is 5.49. The van der Waals surface area contributed by atoms with Crippen molar-refractivity contribution in [2.75, 3.05) is 12.0 Å². The number of methoxy groups -OCH3 is 1. The average Bonchev–Trinajstić information content (AvgIpc) is 3.17. The molecule has 1 aliphatic heterocycles. The summed E-state index contributed by atoms with van der Waals surface area (Å²) in [6.45, 7) is 4.05. The lowest BCUT2D eigenvalue weighted by Crippen LogP contribution is -2.29. The second kappa shape index (κ2) is 9.75. The molecule has 37 heavy (non-hydrogen) atoms. The number of carbonyl (C=O) groups excluding carboxylic acids is 2. The lowest BCUT2D eigenvalue weighted by molar-refractivity contribution is -0.132. The number of benzene rings is 4. The van der Waals surface area contributed by atoms with Crippen LogP contribution in [-0.4, -0.2) is 23.9 Å². The molecule has 5 rings (SSSR count). The van der Waals surface area contributed by atoms with E-state index in [1.165, 1.54) is 4.90 Å². The molecule has 1 saturated heterocycles. The van der Waals surface area contributed by atoms with Crippen molar-refractivity contribution in [3.8, 4) is 5.75 Å². The first-order valence-electron chi connectivity index (χ1n) is 12.0. The Hall–Kier alpha value is -4.09. The fourth-order valence-corrected chi connectivity index (χ4v) is 5.10. The van der Waals surface area contributed by atoms with Crippen molar-refractivity contribution in [1.82, 2.24) is 0 Å². The van der Waals surface area contributed by atoms with Gasteiger partial charge in [-0.3, -0.25) is 14.5 Å². The Morgan fingerprint density at radius 1 is 0.946 bits per heavy atom. The first-order valence-corrected chi connectivity index (χ1v) is 12.4. The summed E-state index contributed by atoms with van der Waals surface area (Å²) in [6.07, 6.45) is 0. The summed E-state index contributed by atoms with van der Waals surface area (Å²) in [7, 11) is 1.60. The van der Waals surface area contributed by atoms with Gasteiger partial charge in [-0.2, -0.15) is 0 Å². The van der Waals surface area contributed by atoms with Crippen LogP contribution in [-0.2, 0) is 9.59 Å². The highest BCUT2D eigenvalue weighted by Crippen LogP contribution is 2.44. The Morgan fingerprint density at radius 3 is 2.35 bits per heavy atom. The second-order valence-electron chi connectivity index (χ2n) is 9.33. The Labute approximate surface area is 220 Å². The highest BCUT2D eigenvalue weighted by atomic mass is 35.5. The van der Waals surface area contributed by atoms with Crippen LogP contribution in [0.15, 0.2) is 90.5 Å². The zero-order valence-corrected chi connectivity index (χ0v) is 21.5. The predicted molar refractivity (Wildman–Crippen MR) is 147 cm³/mol. The van der Waals surface area contributed by atoms with Crippen LogP contribution in [0.5, 0.6) is 5.75 Å². The third kappa shape index (κ3) is 4.25. The second-order valence-corrected chi connectivity index (χ2v) is 9.76. The molecular weight excluding hydrogens is 486 g/mol. The number of amides is 1. The fraction of sp³-hybridized carbons (Fsp3) is 0.161. The number of hydrogen-bond donors (Lipinski definition) is 1. The topological polar surface area (TPSA) is 66.8 Å². The number of rotatable bonds is 5. The number of anilines is 1. The third-order valence-electron chi connectivity index (χ3n) is 6.79. The smallest absolute Gasteiger partial charge is 0.300 e. The Balaban J connectivity index is 1.79. The summed E-state index contributed by atoms with van der Waals surface area (Å²) in [5, 5.41) is 14.0. The minimum atomic E-state index is -0.836. The van der Waals surface area contributed by atoms with Gasteiger partial charge in [-0.1, -0.05) is 67.9 Å². The number of ether oxygens (including phenoxy) is 1. The number of fused-ring (bicyclic) bond motifs is 1. The van der Waals surface area contributed by atoms with E-state index in [0.29, 0.717) is 22.0 Å². The van der Waals surface area contributed by atoms with E-state index in [0.717, 1.165) is 21.9 Å². The summed E-state index contributed by atoms with van der Waals surface area (Å²) in [5.74, 6) is -0.865. The number of aliphatic hydroxyl groups excluding tert-OH is 1. The van der Waals surface area contributed by atoms with Crippen molar-refractivity contribution >= 4 is 45.5 Å². The predicted octanol–water partition coefficient (Wildman–Crippen LogP) is 7.25. The fourth-order valence-electron chi connectivity index (χ4n) is 4.97. The van der Waals surface area contributed by atoms with E-state index in [1.54, 1.807) is 43.5 Å². The number of ketones is 1. The maximum Gasteiger partial charge on any atom is 0.300 e. The SMILES string of the molecule is COc1ccc(/C(O)=C2\C(=O)C(=O)N(c3ccc(Cl)cc3)C2c2cccc3ccccc23)cc1C(C)C. The Morgan fingerprint density at radius 2 is 1.65 bits per heavy atom. The van der Waals surface area contributed by atoms with Gasteiger partial charge in [0.05, 0.1) is 18.7 Å². The number of halogens is 1. The van der Waals surface area contributed by atoms with Crippen LogP contribution in [0.25, 0.3) is 16.5 Å². The summed E-state index contributed by atoms with van der Waals surface area (Å²) >= 11 is 6.11. The molecule has 0 radical (unpaired) electrons. The van der Waals surface area contributed by atoms with E-state index in [4.69, 9.17) is 16.3 Å². The van der Waals surface area contributed by atoms with Gasteiger partial charge in [-0.15, -0.1) is 0 Å². The van der Waals surface area contributed by atoms with Crippen LogP contribution in [0.1, 0.15) is 42.5 Å². The van der Waals surface area contributed by atoms with E-state index in [-0.39, 0.29) is 17.3 Å². The highest BCUT2D eigenvalue weighted by Gasteiger charge is 2.47. The van der Waals surface area contributed by atoms with Crippen molar-refractivity contribution in [2.45, 2.75) is 25.8 Å². The maximum absolute atomic E-state index is 13.6. The van der Waals surface area contributed by atoms with Crippen molar-refractivity contribution in [3.63, 3.8) is 0 Å². The molecule has 1 atom stereocenters. The molecule has 1 aliphatic rings. The van der Waals surface area contributed by atoms with E-state index in [9.17, 15) is 14.7 Å². The molecule has 0 bridgehead atoms. The average molecular weight is 512 g/mol. The van der Waals surface area contributed by atoms with E-state index < -0.39 is 17.7 Å². The Kier molecular flexibility index (Phi) is 6.48. The summed E-state index contributed by atoms with van der Waals surface area (Å²) in [6, 6.07) is 24.8. The molecule has 0 spiro atoms. The molecule has 1 fully saturated rings. The van der Waals surface area contributed by atoms with Crippen molar-refractivity contribution in [3.05, 3.63) is 112 Å². The van der Waals surface area contributed by atoms with E-state index >= 15 is 0 Å². The number of aliphatic hydroxyl groups is 1. The first kappa shape index (κ1) is 24.6. The van der Waals surface area contributed by atoms with Crippen molar-refractivity contribution in [2.24, 2.45) is 0 Å². The Bertz CT molecular complexity index is 1550. The van der Waals surface area contributed by atoms with Crippen molar-refractivity contribution < 1.29 is 19.4 Å². The summed E-state index contributed by atoms with van der Waals surface area (Å²) in [5.41, 5.74) is 2.63. The monoisotopic (exact) mass is 511 g/mol. The lowest BCUT2D eigenvalue weighted by Gasteiger charge is -2.26. The van der Waals surface area contributed by atoms with Gasteiger partial charge in [0.15, 0.2) is 0 Å². The number of Topliss-reactive ketones (excluding diaryl/α,β-unsaturated/α-hetero) is 1. The number of hydrogen-bond acceptors (Lipinski definition) is 4. The van der Waals surface area contributed by atoms with Gasteiger partial charge < -0.3 is 9.84 Å². The molecule has 1 amide bonds. The van der Waals surface area contributed by atoms with Gasteiger partial charge in [-0.25, -0.2) is 0 Å². The minimum absolute atomic E-state index is 0.0381. The molecule has 5 nitrogen and oxygen atoms in total. The van der Waals surface area contributed by atoms with Crippen LogP contribution in [0.3, 0.4) is 0 Å².